The van der Waals surface area contributed by atoms with Gasteiger partial charge in [-0.15, -0.1) is 0 Å². The first kappa shape index (κ1) is 17.4. The van der Waals surface area contributed by atoms with Crippen LogP contribution >= 0.6 is 11.8 Å². The van der Waals surface area contributed by atoms with Crippen LogP contribution in [-0.2, 0) is 14.1 Å². The van der Waals surface area contributed by atoms with Gasteiger partial charge in [0.2, 0.25) is 0 Å². The zero-order valence-corrected chi connectivity index (χ0v) is 14.9. The molecular formula is C17H19NO3S2. The summed E-state index contributed by atoms with van der Waals surface area (Å²) in [6, 6.07) is 14.8. The van der Waals surface area contributed by atoms with Crippen LogP contribution in [0.2, 0.25) is 0 Å². The summed E-state index contributed by atoms with van der Waals surface area (Å²) in [5.74, 6) is 4.31. The van der Waals surface area contributed by atoms with Crippen LogP contribution in [0.4, 0.5) is 0 Å². The molecule has 0 saturated heterocycles. The Hall–Kier alpha value is -1.92. The predicted octanol–water partition coefficient (Wildman–Crippen LogP) is 4.14. The van der Waals surface area contributed by atoms with Crippen molar-refractivity contribution in [3.8, 4) is 5.75 Å². The Balaban J connectivity index is 2.05. The molecule has 0 aliphatic heterocycles. The lowest BCUT2D eigenvalue weighted by atomic mass is 10.2. The van der Waals surface area contributed by atoms with Crippen molar-refractivity contribution in [1.82, 2.24) is 0 Å². The number of oxime groups is 1. The third-order valence-corrected chi connectivity index (χ3v) is 5.17. The highest BCUT2D eigenvalue weighted by atomic mass is 32.2. The van der Waals surface area contributed by atoms with Gasteiger partial charge in [-0.2, -0.15) is 0 Å². The fraction of sp³-hybridized carbons (Fsp3) is 0.176. The molecule has 6 heteroatoms. The number of thioether (sulfide) groups is 1. The molecule has 0 aliphatic rings. The molecule has 2 aromatic rings. The first-order valence-corrected chi connectivity index (χ1v) is 9.36. The minimum atomic E-state index is -2.94. The van der Waals surface area contributed by atoms with Gasteiger partial charge in [0.05, 0.1) is 12.0 Å². The van der Waals surface area contributed by atoms with Crippen LogP contribution in [0.15, 0.2) is 63.5 Å². The highest BCUT2D eigenvalue weighted by molar-refractivity contribution is 8.13. The van der Waals surface area contributed by atoms with E-state index in [2.05, 4.69) is 11.0 Å². The van der Waals surface area contributed by atoms with Gasteiger partial charge in [-0.3, -0.25) is 4.28 Å². The number of methoxy groups -OCH3 is 1. The second-order valence-corrected chi connectivity index (χ2v) is 8.01. The maximum atomic E-state index is 12.5. The molecule has 2 aromatic carbocycles. The van der Waals surface area contributed by atoms with Gasteiger partial charge in [-0.05, 0) is 56.1 Å². The Labute approximate surface area is 141 Å². The Kier molecular flexibility index (Phi) is 5.74. The second-order valence-electron chi connectivity index (χ2n) is 4.89. The molecule has 4 nitrogen and oxygen atoms in total. The number of nitrogens with zero attached hydrogens (tertiary/aromatic N) is 1. The number of rotatable bonds is 5. The molecular weight excluding hydrogens is 330 g/mol. The molecule has 0 aliphatic carbocycles. The number of hydrogen-bond acceptors (Lipinski definition) is 5. The highest BCUT2D eigenvalue weighted by Gasteiger charge is 2.09. The minimum Gasteiger partial charge on any atom is -0.497 e. The fourth-order valence-electron chi connectivity index (χ4n) is 1.73. The second kappa shape index (κ2) is 7.57. The van der Waals surface area contributed by atoms with Crippen LogP contribution in [0.5, 0.6) is 5.75 Å². The maximum absolute atomic E-state index is 12.5. The predicted molar refractivity (Wildman–Crippen MR) is 97.8 cm³/mol. The summed E-state index contributed by atoms with van der Waals surface area (Å²) in [4.78, 5) is 1.51. The third-order valence-electron chi connectivity index (χ3n) is 2.99. The van der Waals surface area contributed by atoms with E-state index < -0.39 is 9.80 Å². The standard InChI is InChI=1S/C17H19NO3S2/c1-13-5-9-16(10-6-13)22-14(2)18-21-23(4,19)17-11-7-15(20-3)8-12-17/h5-12H,4H2,1-3H3/b18-14-. The van der Waals surface area contributed by atoms with Gasteiger partial charge in [0, 0.05) is 4.90 Å². The number of ether oxygens (including phenoxy) is 1. The van der Waals surface area contributed by atoms with E-state index in [1.54, 1.807) is 38.3 Å². The summed E-state index contributed by atoms with van der Waals surface area (Å²) in [6.07, 6.45) is 0. The first-order valence-electron chi connectivity index (χ1n) is 6.90. The van der Waals surface area contributed by atoms with Gasteiger partial charge >= 0.3 is 0 Å². The Bertz CT molecular complexity index is 780. The summed E-state index contributed by atoms with van der Waals surface area (Å²) in [6.45, 7) is 3.83. The van der Waals surface area contributed by atoms with Crippen LogP contribution in [0, 0.1) is 6.92 Å². The lowest BCUT2D eigenvalue weighted by Crippen LogP contribution is -2.03. The topological polar surface area (TPSA) is 47.9 Å². The van der Waals surface area contributed by atoms with Gasteiger partial charge in [-0.1, -0.05) is 34.6 Å². The van der Waals surface area contributed by atoms with Gasteiger partial charge in [0.25, 0.3) is 0 Å². The zero-order valence-electron chi connectivity index (χ0n) is 13.3. The molecule has 0 spiro atoms. The van der Waals surface area contributed by atoms with Crippen molar-refractivity contribution in [2.24, 2.45) is 5.16 Å². The van der Waals surface area contributed by atoms with Crippen LogP contribution in [-0.4, -0.2) is 22.2 Å². The van der Waals surface area contributed by atoms with Crippen molar-refractivity contribution >= 4 is 32.5 Å². The average Bonchev–Trinajstić information content (AvgIpc) is 2.55. The first-order chi connectivity index (χ1) is 10.9. The van der Waals surface area contributed by atoms with Gasteiger partial charge in [0.1, 0.15) is 10.8 Å². The van der Waals surface area contributed by atoms with Crippen LogP contribution in [0.25, 0.3) is 0 Å². The Morgan fingerprint density at radius 1 is 1.13 bits per heavy atom. The number of aryl methyl sites for hydroxylation is 1. The van der Waals surface area contributed by atoms with Crippen LogP contribution < -0.4 is 4.74 Å². The van der Waals surface area contributed by atoms with E-state index >= 15 is 0 Å². The van der Waals surface area contributed by atoms with E-state index in [-0.39, 0.29) is 0 Å². The summed E-state index contributed by atoms with van der Waals surface area (Å²) >= 11 is 1.45. The molecule has 1 atom stereocenters. The van der Waals surface area contributed by atoms with E-state index in [0.29, 0.717) is 15.7 Å². The van der Waals surface area contributed by atoms with E-state index in [1.807, 2.05) is 31.2 Å². The Morgan fingerprint density at radius 2 is 1.74 bits per heavy atom. The van der Waals surface area contributed by atoms with E-state index in [1.165, 1.54) is 17.3 Å². The summed E-state index contributed by atoms with van der Waals surface area (Å²) in [7, 11) is -1.36. The summed E-state index contributed by atoms with van der Waals surface area (Å²) in [5, 5.41) is 4.59. The largest absolute Gasteiger partial charge is 0.497 e. The van der Waals surface area contributed by atoms with Crippen LogP contribution in [0.3, 0.4) is 0 Å². The van der Waals surface area contributed by atoms with E-state index in [9.17, 15) is 4.21 Å². The molecule has 0 N–H and O–H groups in total. The normalized spacial score (nSPS) is 14.1. The summed E-state index contributed by atoms with van der Waals surface area (Å²) in [5.41, 5.74) is 1.19. The van der Waals surface area contributed by atoms with Gasteiger partial charge in [-0.25, -0.2) is 4.21 Å². The smallest absolute Gasteiger partial charge is 0.173 e. The zero-order chi connectivity index (χ0) is 16.9. The van der Waals surface area contributed by atoms with Crippen molar-refractivity contribution < 1.29 is 13.2 Å². The lowest BCUT2D eigenvalue weighted by Gasteiger charge is -2.08. The molecule has 122 valence electrons. The highest BCUT2D eigenvalue weighted by Crippen LogP contribution is 2.22. The van der Waals surface area contributed by atoms with Crippen molar-refractivity contribution in [1.29, 1.82) is 0 Å². The average molecular weight is 349 g/mol. The molecule has 0 radical (unpaired) electrons. The quantitative estimate of drug-likeness (QED) is 0.268. The van der Waals surface area contributed by atoms with E-state index in [0.717, 1.165) is 4.90 Å². The molecule has 23 heavy (non-hydrogen) atoms. The van der Waals surface area contributed by atoms with Crippen molar-refractivity contribution in [2.75, 3.05) is 7.11 Å². The lowest BCUT2D eigenvalue weighted by molar-refractivity contribution is 0.372. The summed E-state index contributed by atoms with van der Waals surface area (Å²) < 4.78 is 22.8. The molecule has 0 aromatic heterocycles. The fourth-order valence-corrected chi connectivity index (χ4v) is 3.34. The molecule has 0 heterocycles. The van der Waals surface area contributed by atoms with Crippen molar-refractivity contribution in [3.05, 3.63) is 54.1 Å². The molecule has 0 fully saturated rings. The molecule has 0 saturated carbocycles. The van der Waals surface area contributed by atoms with Gasteiger partial charge in [0.15, 0.2) is 9.80 Å². The SMILES string of the molecule is C=S(=O)(O/N=C(/C)Sc1ccc(C)cc1)c1ccc(OC)cc1. The van der Waals surface area contributed by atoms with Crippen LogP contribution in [0.1, 0.15) is 12.5 Å². The van der Waals surface area contributed by atoms with Crippen molar-refractivity contribution in [2.45, 2.75) is 23.6 Å². The monoisotopic (exact) mass is 349 g/mol. The number of hydrogen-bond donors (Lipinski definition) is 0. The van der Waals surface area contributed by atoms with Gasteiger partial charge < -0.3 is 4.74 Å². The molecule has 1 unspecified atom stereocenters. The molecule has 0 bridgehead atoms. The van der Waals surface area contributed by atoms with Crippen molar-refractivity contribution in [3.63, 3.8) is 0 Å². The minimum absolute atomic E-state index is 0.468. The Morgan fingerprint density at radius 3 is 2.30 bits per heavy atom. The number of benzene rings is 2. The maximum Gasteiger partial charge on any atom is 0.173 e. The molecule has 0 amide bonds. The van der Waals surface area contributed by atoms with E-state index in [4.69, 9.17) is 9.02 Å². The third kappa shape index (κ3) is 5.04. The molecule has 2 rings (SSSR count).